The Hall–Kier alpha value is -2.20. The number of hydrogen-bond acceptors (Lipinski definition) is 4. The van der Waals surface area contributed by atoms with Crippen LogP contribution in [0.4, 0.5) is 11.4 Å². The summed E-state index contributed by atoms with van der Waals surface area (Å²) in [5.74, 6) is 0. The molecule has 0 unspecified atom stereocenters. The molecule has 70 valence electrons. The topological polar surface area (TPSA) is 76.8 Å². The predicted octanol–water partition coefficient (Wildman–Crippen LogP) is 1.60. The maximum atomic E-state index is 8.69. The van der Waals surface area contributed by atoms with Crippen molar-refractivity contribution in [2.24, 2.45) is 0 Å². The highest BCUT2D eigenvalue weighted by Crippen LogP contribution is 2.22. The number of aryl methyl sites for hydroxylation is 1. The number of nitriles is 2. The molecule has 0 bridgehead atoms. The first-order chi connectivity index (χ1) is 6.72. The minimum absolute atomic E-state index is 0.603. The van der Waals surface area contributed by atoms with Crippen molar-refractivity contribution in [1.82, 2.24) is 0 Å². The molecule has 0 aliphatic heterocycles. The van der Waals surface area contributed by atoms with E-state index < -0.39 is 0 Å². The van der Waals surface area contributed by atoms with Gasteiger partial charge in [0.25, 0.3) is 0 Å². The van der Waals surface area contributed by atoms with E-state index in [2.05, 4.69) is 0 Å². The van der Waals surface area contributed by atoms with Crippen LogP contribution in [-0.2, 0) is 6.42 Å². The molecule has 0 radical (unpaired) electrons. The van der Waals surface area contributed by atoms with Crippen LogP contribution in [0.15, 0.2) is 18.2 Å². The average molecular weight is 186 g/mol. The van der Waals surface area contributed by atoms with Crippen molar-refractivity contribution < 1.29 is 0 Å². The minimum Gasteiger partial charge on any atom is -0.399 e. The lowest BCUT2D eigenvalue weighted by Gasteiger charge is -2.10. The van der Waals surface area contributed by atoms with Gasteiger partial charge in [0.1, 0.15) is 0 Å². The van der Waals surface area contributed by atoms with Crippen molar-refractivity contribution in [3.63, 3.8) is 0 Å². The smallest absolute Gasteiger partial charge is 0.198 e. The van der Waals surface area contributed by atoms with Crippen molar-refractivity contribution in [2.75, 3.05) is 10.6 Å². The zero-order valence-corrected chi connectivity index (χ0v) is 7.86. The fourth-order valence-corrected chi connectivity index (χ4v) is 1.24. The fraction of sp³-hybridized carbons (Fsp3) is 0.200. The second-order valence-electron chi connectivity index (χ2n) is 2.78. The molecule has 4 heteroatoms. The summed E-state index contributed by atoms with van der Waals surface area (Å²) in [6, 6.07) is 5.13. The number of nitrogen functional groups attached to an aromatic ring is 1. The van der Waals surface area contributed by atoms with Gasteiger partial charge in [-0.1, -0.05) is 6.92 Å². The van der Waals surface area contributed by atoms with Gasteiger partial charge in [0.2, 0.25) is 0 Å². The first-order valence-corrected chi connectivity index (χ1v) is 4.21. The number of benzene rings is 1. The van der Waals surface area contributed by atoms with Crippen LogP contribution in [0.25, 0.3) is 0 Å². The highest BCUT2D eigenvalue weighted by atomic mass is 15.1. The van der Waals surface area contributed by atoms with Gasteiger partial charge in [0.05, 0.1) is 5.69 Å². The van der Waals surface area contributed by atoms with Gasteiger partial charge >= 0.3 is 0 Å². The summed E-state index contributed by atoms with van der Waals surface area (Å²) in [5, 5.41) is 17.4. The summed E-state index contributed by atoms with van der Waals surface area (Å²) in [6.45, 7) is 1.95. The van der Waals surface area contributed by atoms with Gasteiger partial charge in [-0.15, -0.1) is 0 Å². The lowest BCUT2D eigenvalue weighted by molar-refractivity contribution is 1.11. The molecule has 0 spiro atoms. The molecule has 0 aromatic heterocycles. The van der Waals surface area contributed by atoms with Crippen molar-refractivity contribution in [3.8, 4) is 12.4 Å². The molecule has 1 aromatic rings. The molecular weight excluding hydrogens is 176 g/mol. The van der Waals surface area contributed by atoms with Crippen LogP contribution < -0.4 is 10.6 Å². The minimum atomic E-state index is 0.603. The monoisotopic (exact) mass is 186 g/mol. The lowest BCUT2D eigenvalue weighted by Crippen LogP contribution is -2.10. The maximum Gasteiger partial charge on any atom is 0.198 e. The molecule has 1 rings (SSSR count). The number of anilines is 2. The summed E-state index contributed by atoms with van der Waals surface area (Å²) >= 11 is 0. The fourth-order valence-electron chi connectivity index (χ4n) is 1.24. The molecular formula is C10H10N4. The van der Waals surface area contributed by atoms with E-state index in [9.17, 15) is 0 Å². The quantitative estimate of drug-likeness (QED) is 0.432. The van der Waals surface area contributed by atoms with E-state index in [0.717, 1.165) is 16.9 Å². The molecule has 2 N–H and O–H groups in total. The van der Waals surface area contributed by atoms with Crippen LogP contribution in [0.2, 0.25) is 0 Å². The highest BCUT2D eigenvalue weighted by Gasteiger charge is 2.08. The Morgan fingerprint density at radius 3 is 2.50 bits per heavy atom. The van der Waals surface area contributed by atoms with Crippen LogP contribution >= 0.6 is 0 Å². The van der Waals surface area contributed by atoms with E-state index in [0.29, 0.717) is 11.4 Å². The summed E-state index contributed by atoms with van der Waals surface area (Å²) in [4.78, 5) is 0.971. The lowest BCUT2D eigenvalue weighted by atomic mass is 10.1. The van der Waals surface area contributed by atoms with Crippen molar-refractivity contribution >= 4 is 11.4 Å². The second-order valence-corrected chi connectivity index (χ2v) is 2.78. The van der Waals surface area contributed by atoms with Gasteiger partial charge in [0, 0.05) is 5.69 Å². The Balaban J connectivity index is 3.22. The number of nitrogens with two attached hydrogens (primary N) is 1. The third-order valence-electron chi connectivity index (χ3n) is 1.93. The Labute approximate surface area is 82.8 Å². The molecule has 0 fully saturated rings. The largest absolute Gasteiger partial charge is 0.399 e. The SMILES string of the molecule is CCc1cc(N)ccc1N(C#N)C#N. The molecule has 0 aliphatic rings. The molecule has 14 heavy (non-hydrogen) atoms. The third-order valence-corrected chi connectivity index (χ3v) is 1.93. The van der Waals surface area contributed by atoms with E-state index >= 15 is 0 Å². The molecule has 1 aromatic carbocycles. The summed E-state index contributed by atoms with van der Waals surface area (Å²) in [7, 11) is 0. The molecule has 4 nitrogen and oxygen atoms in total. The molecule has 0 atom stereocenters. The highest BCUT2D eigenvalue weighted by molar-refractivity contribution is 5.64. The zero-order valence-electron chi connectivity index (χ0n) is 7.86. The first-order valence-electron chi connectivity index (χ1n) is 4.21. The van der Waals surface area contributed by atoms with Gasteiger partial charge in [-0.25, -0.2) is 0 Å². The van der Waals surface area contributed by atoms with Gasteiger partial charge < -0.3 is 5.73 Å². The van der Waals surface area contributed by atoms with Gasteiger partial charge in [-0.2, -0.15) is 15.4 Å². The Morgan fingerprint density at radius 2 is 2.00 bits per heavy atom. The Kier molecular flexibility index (Phi) is 2.93. The van der Waals surface area contributed by atoms with Crippen molar-refractivity contribution in [2.45, 2.75) is 13.3 Å². The van der Waals surface area contributed by atoms with E-state index in [1.54, 1.807) is 30.6 Å². The maximum absolute atomic E-state index is 8.69. The number of rotatable bonds is 2. The van der Waals surface area contributed by atoms with E-state index in [4.69, 9.17) is 16.3 Å². The number of hydrogen-bond donors (Lipinski definition) is 1. The van der Waals surface area contributed by atoms with Crippen LogP contribution in [0.3, 0.4) is 0 Å². The van der Waals surface area contributed by atoms with E-state index in [-0.39, 0.29) is 0 Å². The normalized spacial score (nSPS) is 8.79. The molecule has 0 heterocycles. The predicted molar refractivity (Wildman–Crippen MR) is 53.9 cm³/mol. The van der Waals surface area contributed by atoms with E-state index in [1.165, 1.54) is 0 Å². The summed E-state index contributed by atoms with van der Waals surface area (Å²) in [5.41, 5.74) is 7.74. The van der Waals surface area contributed by atoms with Gasteiger partial charge in [0.15, 0.2) is 12.4 Å². The second kappa shape index (κ2) is 4.15. The summed E-state index contributed by atoms with van der Waals surface area (Å²) in [6.07, 6.45) is 4.32. The van der Waals surface area contributed by atoms with Crippen LogP contribution in [0.5, 0.6) is 0 Å². The standard InChI is InChI=1S/C10H10N4/c1-2-8-5-9(13)3-4-10(8)14(6-11)7-12/h3-5H,2,13H2,1H3. The first kappa shape index (κ1) is 9.88. The van der Waals surface area contributed by atoms with Crippen molar-refractivity contribution in [3.05, 3.63) is 23.8 Å². The number of nitrogens with zero attached hydrogens (tertiary/aromatic N) is 3. The zero-order chi connectivity index (χ0) is 10.6. The van der Waals surface area contributed by atoms with Crippen LogP contribution in [-0.4, -0.2) is 0 Å². The molecule has 0 saturated carbocycles. The molecule has 0 amide bonds. The third kappa shape index (κ3) is 1.75. The Bertz CT molecular complexity index is 397. The van der Waals surface area contributed by atoms with Crippen molar-refractivity contribution in [1.29, 1.82) is 10.5 Å². The van der Waals surface area contributed by atoms with Crippen LogP contribution in [0.1, 0.15) is 12.5 Å². The molecule has 0 aliphatic carbocycles. The molecule has 0 saturated heterocycles. The van der Waals surface area contributed by atoms with Crippen LogP contribution in [0, 0.1) is 22.9 Å². The summed E-state index contributed by atoms with van der Waals surface area (Å²) < 4.78 is 0. The van der Waals surface area contributed by atoms with E-state index in [1.807, 2.05) is 6.92 Å². The van der Waals surface area contributed by atoms with Gasteiger partial charge in [-0.05, 0) is 30.2 Å². The average Bonchev–Trinajstić information content (AvgIpc) is 2.21. The van der Waals surface area contributed by atoms with Gasteiger partial charge in [-0.3, -0.25) is 0 Å². The Morgan fingerprint density at radius 1 is 1.36 bits per heavy atom.